The van der Waals surface area contributed by atoms with Gasteiger partial charge in [0.15, 0.2) is 0 Å². The van der Waals surface area contributed by atoms with E-state index in [1.54, 1.807) is 24.3 Å². The number of nitrogens with one attached hydrogen (secondary N) is 4. The van der Waals surface area contributed by atoms with Crippen LogP contribution in [-0.2, 0) is 15.9 Å². The second kappa shape index (κ2) is 14.8. The number of rotatable bonds is 13. The predicted molar refractivity (Wildman–Crippen MR) is 163 cm³/mol. The Hall–Kier alpha value is -4.25. The molecule has 2 aromatic heterocycles. The molecule has 0 radical (unpaired) electrons. The van der Waals surface area contributed by atoms with Crippen molar-refractivity contribution in [2.75, 3.05) is 39.5 Å². The number of halogens is 1. The summed E-state index contributed by atoms with van der Waals surface area (Å²) in [4.78, 5) is 45.1. The molecule has 1 unspecified atom stereocenters. The number of hydrogen-bond acceptors (Lipinski definition) is 6. The van der Waals surface area contributed by atoms with Crippen molar-refractivity contribution in [2.24, 2.45) is 0 Å². The summed E-state index contributed by atoms with van der Waals surface area (Å²) in [7, 11) is 0. The van der Waals surface area contributed by atoms with Gasteiger partial charge >= 0.3 is 0 Å². The number of H-pyrrole nitrogens is 1. The van der Waals surface area contributed by atoms with E-state index in [-0.39, 0.29) is 29.5 Å². The van der Waals surface area contributed by atoms with Gasteiger partial charge in [-0.3, -0.25) is 19.4 Å². The number of benzene rings is 2. The molecular formula is C32H34ClN5O5. The Morgan fingerprint density at radius 1 is 0.860 bits per heavy atom. The Labute approximate surface area is 254 Å². The molecule has 1 aliphatic carbocycles. The highest BCUT2D eigenvalue weighted by molar-refractivity contribution is 6.31. The first-order valence-corrected chi connectivity index (χ1v) is 14.7. The minimum atomic E-state index is -0.304. The molecule has 0 bridgehead atoms. The lowest BCUT2D eigenvalue weighted by Gasteiger charge is -2.23. The molecule has 4 aromatic rings. The van der Waals surface area contributed by atoms with Crippen molar-refractivity contribution in [1.29, 1.82) is 0 Å². The number of carbonyl (C=O) groups is 3. The third-order valence-electron chi connectivity index (χ3n) is 7.20. The van der Waals surface area contributed by atoms with Crippen LogP contribution in [0.3, 0.4) is 0 Å². The second-order valence-electron chi connectivity index (χ2n) is 10.2. The molecule has 1 aliphatic rings. The number of hydrogen-bond donors (Lipinski definition) is 4. The first-order chi connectivity index (χ1) is 21.0. The Morgan fingerprint density at radius 2 is 1.58 bits per heavy atom. The Morgan fingerprint density at radius 3 is 2.28 bits per heavy atom. The zero-order valence-corrected chi connectivity index (χ0v) is 24.4. The fraction of sp³-hybridized carbons (Fsp3) is 0.312. The van der Waals surface area contributed by atoms with Gasteiger partial charge in [-0.05, 0) is 67.3 Å². The molecule has 5 rings (SSSR count). The van der Waals surface area contributed by atoms with E-state index in [2.05, 4.69) is 25.9 Å². The Kier molecular flexibility index (Phi) is 10.4. The molecule has 0 spiro atoms. The van der Waals surface area contributed by atoms with Crippen LogP contribution < -0.4 is 16.0 Å². The monoisotopic (exact) mass is 603 g/mol. The summed E-state index contributed by atoms with van der Waals surface area (Å²) >= 11 is 6.20. The molecule has 1 atom stereocenters. The van der Waals surface area contributed by atoms with Gasteiger partial charge in [0.2, 0.25) is 0 Å². The highest BCUT2D eigenvalue weighted by Crippen LogP contribution is 2.35. The van der Waals surface area contributed by atoms with E-state index in [9.17, 15) is 14.4 Å². The van der Waals surface area contributed by atoms with Crippen LogP contribution in [0, 0.1) is 0 Å². The van der Waals surface area contributed by atoms with Crippen LogP contribution >= 0.6 is 11.6 Å². The molecular weight excluding hydrogens is 570 g/mol. The quantitative estimate of drug-likeness (QED) is 0.169. The average molecular weight is 604 g/mol. The Bertz CT molecular complexity index is 1560. The molecule has 2 heterocycles. The maximum absolute atomic E-state index is 13.0. The molecule has 4 N–H and O–H groups in total. The lowest BCUT2D eigenvalue weighted by molar-refractivity contribution is 0.0486. The Balaban J connectivity index is 0.977. The van der Waals surface area contributed by atoms with Crippen LogP contribution in [0.2, 0.25) is 5.02 Å². The van der Waals surface area contributed by atoms with Gasteiger partial charge < -0.3 is 30.4 Å². The van der Waals surface area contributed by atoms with Crippen LogP contribution in [0.4, 0.5) is 0 Å². The zero-order chi connectivity index (χ0) is 30.0. The van der Waals surface area contributed by atoms with Crippen LogP contribution in [0.1, 0.15) is 61.3 Å². The molecule has 3 amide bonds. The van der Waals surface area contributed by atoms with E-state index in [1.165, 1.54) is 11.8 Å². The van der Waals surface area contributed by atoms with Crippen LogP contribution in [0.25, 0.3) is 10.9 Å². The minimum Gasteiger partial charge on any atom is -0.377 e. The fourth-order valence-corrected chi connectivity index (χ4v) is 5.24. The number of nitrogens with zero attached hydrogens (tertiary/aromatic N) is 1. The number of ether oxygens (including phenoxy) is 2. The highest BCUT2D eigenvalue weighted by Gasteiger charge is 2.26. The summed E-state index contributed by atoms with van der Waals surface area (Å²) in [5.74, 6) is -0.738. The highest BCUT2D eigenvalue weighted by atomic mass is 35.5. The van der Waals surface area contributed by atoms with Crippen molar-refractivity contribution in [1.82, 2.24) is 25.9 Å². The van der Waals surface area contributed by atoms with E-state index in [1.807, 2.05) is 36.4 Å². The number of aryl methyl sites for hydroxylation is 1. The summed E-state index contributed by atoms with van der Waals surface area (Å²) in [5, 5.41) is 10.4. The smallest absolute Gasteiger partial charge is 0.270 e. The van der Waals surface area contributed by atoms with E-state index < -0.39 is 0 Å². The maximum atomic E-state index is 13.0. The van der Waals surface area contributed by atoms with Gasteiger partial charge in [-0.2, -0.15) is 0 Å². The SMILES string of the molecule is O=C(NCCOCCOCCNC(=O)c1ccc(C(=O)NC2CCCc3c2[nH]c2ccc(Cl)cc32)nc1)c1ccccc1. The van der Waals surface area contributed by atoms with Crippen molar-refractivity contribution < 1.29 is 23.9 Å². The first-order valence-electron chi connectivity index (χ1n) is 14.3. The number of fused-ring (bicyclic) bond motifs is 3. The van der Waals surface area contributed by atoms with Gasteiger partial charge in [0.05, 0.1) is 38.0 Å². The lowest BCUT2D eigenvalue weighted by atomic mass is 9.91. The van der Waals surface area contributed by atoms with Gasteiger partial charge in [0, 0.05) is 46.5 Å². The zero-order valence-electron chi connectivity index (χ0n) is 23.7. The number of carbonyl (C=O) groups excluding carboxylic acids is 3. The standard InChI is InChI=1S/C32H34ClN5O5/c33-23-10-12-26-25(19-23)24-7-4-8-27(29(24)37-26)38-32(41)28-11-9-22(20-36-28)31(40)35-14-16-43-18-17-42-15-13-34-30(39)21-5-2-1-3-6-21/h1-3,5-6,9-12,19-20,27,37H,4,7-8,13-18H2,(H,34,39)(H,35,40)(H,38,41). The number of aromatic amines is 1. The third kappa shape index (κ3) is 7.98. The van der Waals surface area contributed by atoms with E-state index in [4.69, 9.17) is 21.1 Å². The number of aromatic nitrogens is 2. The minimum absolute atomic E-state index is 0.139. The maximum Gasteiger partial charge on any atom is 0.270 e. The van der Waals surface area contributed by atoms with Crippen molar-refractivity contribution in [2.45, 2.75) is 25.3 Å². The predicted octanol–water partition coefficient (Wildman–Crippen LogP) is 4.22. The van der Waals surface area contributed by atoms with Crippen molar-refractivity contribution >= 4 is 40.2 Å². The normalized spacial score (nSPS) is 14.2. The van der Waals surface area contributed by atoms with Crippen LogP contribution in [0.15, 0.2) is 66.9 Å². The van der Waals surface area contributed by atoms with E-state index >= 15 is 0 Å². The molecule has 11 heteroatoms. The van der Waals surface area contributed by atoms with Gasteiger partial charge in [-0.15, -0.1) is 0 Å². The van der Waals surface area contributed by atoms with Gasteiger partial charge in [-0.1, -0.05) is 29.8 Å². The van der Waals surface area contributed by atoms with E-state index in [0.717, 1.165) is 35.9 Å². The van der Waals surface area contributed by atoms with Gasteiger partial charge in [0.1, 0.15) is 5.69 Å². The summed E-state index contributed by atoms with van der Waals surface area (Å²) in [6.45, 7) is 2.15. The average Bonchev–Trinajstić information content (AvgIpc) is 3.41. The van der Waals surface area contributed by atoms with Crippen molar-refractivity contribution in [3.8, 4) is 0 Å². The van der Waals surface area contributed by atoms with Crippen LogP contribution in [-0.4, -0.2) is 67.2 Å². The summed E-state index contributed by atoms with van der Waals surface area (Å²) < 4.78 is 10.9. The molecule has 10 nitrogen and oxygen atoms in total. The molecule has 0 aliphatic heterocycles. The van der Waals surface area contributed by atoms with Crippen molar-refractivity contribution in [3.63, 3.8) is 0 Å². The summed E-state index contributed by atoms with van der Waals surface area (Å²) in [5.41, 5.74) is 4.40. The molecule has 43 heavy (non-hydrogen) atoms. The third-order valence-corrected chi connectivity index (χ3v) is 7.44. The van der Waals surface area contributed by atoms with E-state index in [0.29, 0.717) is 55.7 Å². The molecule has 0 fully saturated rings. The fourth-order valence-electron chi connectivity index (χ4n) is 5.06. The molecule has 2 aromatic carbocycles. The lowest BCUT2D eigenvalue weighted by Crippen LogP contribution is -2.32. The second-order valence-corrected chi connectivity index (χ2v) is 10.6. The van der Waals surface area contributed by atoms with Crippen molar-refractivity contribution in [3.05, 3.63) is 100.0 Å². The molecule has 0 saturated carbocycles. The molecule has 0 saturated heterocycles. The first kappa shape index (κ1) is 30.2. The van der Waals surface area contributed by atoms with Crippen LogP contribution in [0.5, 0.6) is 0 Å². The number of pyridine rings is 1. The molecule has 224 valence electrons. The summed E-state index contributed by atoms with van der Waals surface area (Å²) in [6.07, 6.45) is 4.10. The summed E-state index contributed by atoms with van der Waals surface area (Å²) in [6, 6.07) is 17.7. The van der Waals surface area contributed by atoms with Gasteiger partial charge in [-0.25, -0.2) is 0 Å². The largest absolute Gasteiger partial charge is 0.377 e. The topological polar surface area (TPSA) is 134 Å². The number of amides is 3. The van der Waals surface area contributed by atoms with Gasteiger partial charge in [0.25, 0.3) is 17.7 Å².